The summed E-state index contributed by atoms with van der Waals surface area (Å²) in [6.45, 7) is 0. The van der Waals surface area contributed by atoms with Crippen LogP contribution in [0.1, 0.15) is 6.42 Å². The highest BCUT2D eigenvalue weighted by molar-refractivity contribution is 6.30. The topological polar surface area (TPSA) is 51.2 Å². The van der Waals surface area contributed by atoms with E-state index in [4.69, 9.17) is 16.3 Å². The molecule has 0 radical (unpaired) electrons. The molecule has 2 aliphatic rings. The molecular formula is C22H17ClN2O2. The second-order valence-corrected chi connectivity index (χ2v) is 7.40. The largest absolute Gasteiger partial charge is 0.486 e. The number of para-hydroxylation sites is 1. The van der Waals surface area contributed by atoms with Gasteiger partial charge in [0.2, 0.25) is 5.91 Å². The minimum absolute atomic E-state index is 0.00962. The molecule has 0 saturated heterocycles. The molecule has 0 spiro atoms. The number of anilines is 1. The third-order valence-electron chi connectivity index (χ3n) is 5.23. The Labute approximate surface area is 161 Å². The molecule has 1 fully saturated rings. The van der Waals surface area contributed by atoms with Crippen molar-refractivity contribution in [3.63, 3.8) is 0 Å². The number of ether oxygens (including phenoxy) is 1. The first kappa shape index (κ1) is 16.3. The molecule has 0 aliphatic heterocycles. The molecule has 4 nitrogen and oxygen atoms in total. The fourth-order valence-corrected chi connectivity index (χ4v) is 4.00. The molecule has 3 aromatic rings. The Hall–Kier alpha value is -2.85. The van der Waals surface area contributed by atoms with E-state index in [1.165, 1.54) is 5.57 Å². The summed E-state index contributed by atoms with van der Waals surface area (Å²) in [7, 11) is 0. The van der Waals surface area contributed by atoms with Gasteiger partial charge in [-0.15, -0.1) is 0 Å². The minimum Gasteiger partial charge on any atom is -0.486 e. The standard InChI is InChI=1S/C22H17ClN2O2/c23-13-5-7-14(8-6-13)25-22(26)21-17-11-15(12-18(17)21)27-20-9-10-24-19-4-2-1-3-16(19)20/h1-11,15,18,21H,12H2,(H,25,26)/t15?,18-,21?/m1/s1. The Kier molecular flexibility index (Phi) is 3.87. The Morgan fingerprint density at radius 1 is 1.11 bits per heavy atom. The molecule has 5 rings (SSSR count). The zero-order chi connectivity index (χ0) is 18.4. The molecule has 1 N–H and O–H groups in total. The van der Waals surface area contributed by atoms with E-state index >= 15 is 0 Å². The highest BCUT2D eigenvalue weighted by atomic mass is 35.5. The quantitative estimate of drug-likeness (QED) is 0.662. The molecule has 1 heterocycles. The van der Waals surface area contributed by atoms with Crippen molar-refractivity contribution in [3.05, 3.63) is 77.5 Å². The number of hydrogen-bond acceptors (Lipinski definition) is 3. The average molecular weight is 377 g/mol. The number of amides is 1. The van der Waals surface area contributed by atoms with Gasteiger partial charge in [0.25, 0.3) is 0 Å². The fraction of sp³-hybridized carbons (Fsp3) is 0.182. The van der Waals surface area contributed by atoms with Crippen LogP contribution in [0.5, 0.6) is 5.75 Å². The van der Waals surface area contributed by atoms with Crippen LogP contribution in [0.15, 0.2) is 72.4 Å². The zero-order valence-electron chi connectivity index (χ0n) is 14.4. The summed E-state index contributed by atoms with van der Waals surface area (Å²) >= 11 is 5.88. The predicted octanol–water partition coefficient (Wildman–Crippen LogP) is 4.85. The lowest BCUT2D eigenvalue weighted by atomic mass is 10.1. The van der Waals surface area contributed by atoms with Crippen LogP contribution in [-0.4, -0.2) is 17.0 Å². The summed E-state index contributed by atoms with van der Waals surface area (Å²) in [5, 5.41) is 4.63. The van der Waals surface area contributed by atoms with Crippen molar-refractivity contribution in [1.82, 2.24) is 4.98 Å². The van der Waals surface area contributed by atoms with Crippen LogP contribution < -0.4 is 10.1 Å². The molecule has 3 atom stereocenters. The molecule has 1 saturated carbocycles. The van der Waals surface area contributed by atoms with Crippen molar-refractivity contribution in [2.45, 2.75) is 12.5 Å². The molecule has 2 aliphatic carbocycles. The van der Waals surface area contributed by atoms with Crippen LogP contribution in [-0.2, 0) is 4.79 Å². The summed E-state index contributed by atoms with van der Waals surface area (Å²) in [5.74, 6) is 1.14. The number of carbonyl (C=O) groups is 1. The second-order valence-electron chi connectivity index (χ2n) is 6.97. The molecule has 2 aromatic carbocycles. The van der Waals surface area contributed by atoms with Crippen molar-refractivity contribution < 1.29 is 9.53 Å². The maximum Gasteiger partial charge on any atom is 0.232 e. The van der Waals surface area contributed by atoms with Crippen molar-refractivity contribution in [1.29, 1.82) is 0 Å². The van der Waals surface area contributed by atoms with E-state index in [2.05, 4.69) is 16.4 Å². The van der Waals surface area contributed by atoms with Crippen molar-refractivity contribution in [2.75, 3.05) is 5.32 Å². The Morgan fingerprint density at radius 2 is 1.93 bits per heavy atom. The molecule has 0 bridgehead atoms. The molecule has 134 valence electrons. The van der Waals surface area contributed by atoms with Gasteiger partial charge in [0.15, 0.2) is 0 Å². The van der Waals surface area contributed by atoms with Gasteiger partial charge >= 0.3 is 0 Å². The number of hydrogen-bond donors (Lipinski definition) is 1. The van der Waals surface area contributed by atoms with Gasteiger partial charge in [-0.1, -0.05) is 29.3 Å². The SMILES string of the molecule is O=C(Nc1ccc(Cl)cc1)C1C2=CC(Oc3ccnc4ccccc34)C[C@H]21. The van der Waals surface area contributed by atoms with Gasteiger partial charge in [0, 0.05) is 22.3 Å². The number of pyridine rings is 1. The first-order valence-electron chi connectivity index (χ1n) is 8.97. The highest BCUT2D eigenvalue weighted by Gasteiger charge is 2.54. The number of nitrogens with one attached hydrogen (secondary N) is 1. The number of benzene rings is 2. The van der Waals surface area contributed by atoms with Crippen molar-refractivity contribution in [2.24, 2.45) is 11.8 Å². The number of aromatic nitrogens is 1. The van der Waals surface area contributed by atoms with E-state index in [-0.39, 0.29) is 23.8 Å². The summed E-state index contributed by atoms with van der Waals surface area (Å²) < 4.78 is 6.19. The second kappa shape index (κ2) is 6.39. The molecule has 1 amide bonds. The predicted molar refractivity (Wildman–Crippen MR) is 106 cm³/mol. The highest BCUT2D eigenvalue weighted by Crippen LogP contribution is 2.54. The van der Waals surface area contributed by atoms with Gasteiger partial charge in [-0.3, -0.25) is 9.78 Å². The van der Waals surface area contributed by atoms with Crippen LogP contribution >= 0.6 is 11.6 Å². The maximum absolute atomic E-state index is 12.5. The average Bonchev–Trinajstić information content (AvgIpc) is 3.20. The third kappa shape index (κ3) is 3.06. The van der Waals surface area contributed by atoms with Crippen LogP contribution in [0.25, 0.3) is 10.9 Å². The van der Waals surface area contributed by atoms with Gasteiger partial charge in [-0.05, 0) is 60.9 Å². The molecule has 1 aromatic heterocycles. The monoisotopic (exact) mass is 376 g/mol. The van der Waals surface area contributed by atoms with Crippen LogP contribution in [0.4, 0.5) is 5.69 Å². The van der Waals surface area contributed by atoms with Gasteiger partial charge < -0.3 is 10.1 Å². The Bertz CT molecular complexity index is 1060. The van der Waals surface area contributed by atoms with Crippen LogP contribution in [0.3, 0.4) is 0 Å². The smallest absolute Gasteiger partial charge is 0.232 e. The Balaban J connectivity index is 1.26. The summed E-state index contributed by atoms with van der Waals surface area (Å²) in [5.41, 5.74) is 2.88. The number of nitrogens with zero attached hydrogens (tertiary/aromatic N) is 1. The van der Waals surface area contributed by atoms with Gasteiger partial charge in [0.1, 0.15) is 11.9 Å². The lowest BCUT2D eigenvalue weighted by Gasteiger charge is -2.16. The summed E-state index contributed by atoms with van der Waals surface area (Å²) in [6.07, 6.45) is 4.72. The van der Waals surface area contributed by atoms with Gasteiger partial charge in [0.05, 0.1) is 11.4 Å². The maximum atomic E-state index is 12.5. The van der Waals surface area contributed by atoms with Crippen LogP contribution in [0, 0.1) is 11.8 Å². The number of fused-ring (bicyclic) bond motifs is 2. The first-order chi connectivity index (χ1) is 13.2. The van der Waals surface area contributed by atoms with Crippen molar-refractivity contribution in [3.8, 4) is 5.75 Å². The third-order valence-corrected chi connectivity index (χ3v) is 5.48. The number of halogens is 1. The van der Waals surface area contributed by atoms with E-state index in [0.717, 1.165) is 28.8 Å². The lowest BCUT2D eigenvalue weighted by Crippen LogP contribution is -2.19. The van der Waals surface area contributed by atoms with E-state index < -0.39 is 0 Å². The van der Waals surface area contributed by atoms with Gasteiger partial charge in [-0.2, -0.15) is 0 Å². The Morgan fingerprint density at radius 3 is 2.70 bits per heavy atom. The zero-order valence-corrected chi connectivity index (χ0v) is 15.2. The number of rotatable bonds is 4. The summed E-state index contributed by atoms with van der Waals surface area (Å²) in [4.78, 5) is 16.8. The van der Waals surface area contributed by atoms with Gasteiger partial charge in [-0.25, -0.2) is 0 Å². The molecular weight excluding hydrogens is 360 g/mol. The first-order valence-corrected chi connectivity index (χ1v) is 9.35. The summed E-state index contributed by atoms with van der Waals surface area (Å²) in [6, 6.07) is 17.0. The van der Waals surface area contributed by atoms with E-state index in [9.17, 15) is 4.79 Å². The van der Waals surface area contributed by atoms with Crippen molar-refractivity contribution >= 4 is 34.1 Å². The number of carbonyl (C=O) groups excluding carboxylic acids is 1. The van der Waals surface area contributed by atoms with E-state index in [1.54, 1.807) is 18.3 Å². The van der Waals surface area contributed by atoms with Crippen LogP contribution in [0.2, 0.25) is 5.02 Å². The fourth-order valence-electron chi connectivity index (χ4n) is 3.88. The molecule has 2 unspecified atom stereocenters. The minimum atomic E-state index is -0.0327. The molecule has 27 heavy (non-hydrogen) atoms. The normalized spacial score (nSPS) is 22.9. The van der Waals surface area contributed by atoms with E-state index in [0.29, 0.717) is 5.02 Å². The molecule has 5 heteroatoms. The van der Waals surface area contributed by atoms with E-state index in [1.807, 2.05) is 42.5 Å². The lowest BCUT2D eigenvalue weighted by molar-refractivity contribution is -0.117.